The van der Waals surface area contributed by atoms with Gasteiger partial charge in [0, 0.05) is 16.6 Å². The fourth-order valence-electron chi connectivity index (χ4n) is 1.41. The second-order valence-corrected chi connectivity index (χ2v) is 6.61. The first-order chi connectivity index (χ1) is 9.22. The molecular weight excluding hydrogens is 358 g/mol. The van der Waals surface area contributed by atoms with E-state index in [2.05, 4.69) is 20.1 Å². The Balaban J connectivity index is 2.36. The standard InChI is InChI=1S/C12H15BrF2O4S/c1-20(16,17)19-8-4-7-18-9-12(14,15)10-5-2-3-6-11(10)13/h2-3,5-6H,4,7-9H2,1H3. The zero-order valence-electron chi connectivity index (χ0n) is 10.8. The van der Waals surface area contributed by atoms with E-state index in [1.54, 1.807) is 6.07 Å². The summed E-state index contributed by atoms with van der Waals surface area (Å²) in [5.74, 6) is -3.11. The van der Waals surface area contributed by atoms with Gasteiger partial charge in [0.1, 0.15) is 6.61 Å². The van der Waals surface area contributed by atoms with E-state index < -0.39 is 22.6 Å². The van der Waals surface area contributed by atoms with Gasteiger partial charge in [-0.25, -0.2) is 0 Å². The smallest absolute Gasteiger partial charge is 0.297 e. The fourth-order valence-corrected chi connectivity index (χ4v) is 2.40. The van der Waals surface area contributed by atoms with Gasteiger partial charge in [-0.2, -0.15) is 17.2 Å². The largest absolute Gasteiger partial charge is 0.375 e. The van der Waals surface area contributed by atoms with Crippen LogP contribution >= 0.6 is 15.9 Å². The van der Waals surface area contributed by atoms with Crippen LogP contribution in [0.15, 0.2) is 28.7 Å². The molecule has 1 aromatic carbocycles. The Labute approximate surface area is 125 Å². The Hall–Kier alpha value is -0.570. The molecule has 0 saturated heterocycles. The Kier molecular flexibility index (Phi) is 6.50. The predicted molar refractivity (Wildman–Crippen MR) is 74.3 cm³/mol. The van der Waals surface area contributed by atoms with Crippen molar-refractivity contribution in [1.82, 2.24) is 0 Å². The normalized spacial score (nSPS) is 12.6. The lowest BCUT2D eigenvalue weighted by atomic mass is 10.1. The number of rotatable bonds is 8. The molecule has 0 aliphatic carbocycles. The summed E-state index contributed by atoms with van der Waals surface area (Å²) in [5.41, 5.74) is -0.146. The van der Waals surface area contributed by atoms with Gasteiger partial charge < -0.3 is 4.74 Å². The van der Waals surface area contributed by atoms with Crippen LogP contribution in [0, 0.1) is 0 Å². The molecule has 4 nitrogen and oxygen atoms in total. The maximum absolute atomic E-state index is 13.8. The molecule has 1 aromatic rings. The quantitative estimate of drug-likeness (QED) is 0.520. The van der Waals surface area contributed by atoms with Crippen molar-refractivity contribution in [3.63, 3.8) is 0 Å². The summed E-state index contributed by atoms with van der Waals surface area (Å²) < 4.78 is 58.6. The molecule has 0 aliphatic heterocycles. The van der Waals surface area contributed by atoms with Gasteiger partial charge in [0.15, 0.2) is 0 Å². The maximum atomic E-state index is 13.8. The Morgan fingerprint density at radius 1 is 1.25 bits per heavy atom. The number of halogens is 3. The van der Waals surface area contributed by atoms with Crippen LogP contribution in [-0.4, -0.2) is 34.5 Å². The summed E-state index contributed by atoms with van der Waals surface area (Å²) in [7, 11) is -3.50. The van der Waals surface area contributed by atoms with E-state index in [0.717, 1.165) is 6.26 Å². The van der Waals surface area contributed by atoms with Crippen molar-refractivity contribution in [3.8, 4) is 0 Å². The molecule has 1 rings (SSSR count). The second kappa shape index (κ2) is 7.44. The highest BCUT2D eigenvalue weighted by Gasteiger charge is 2.33. The van der Waals surface area contributed by atoms with Crippen molar-refractivity contribution in [2.45, 2.75) is 12.3 Å². The van der Waals surface area contributed by atoms with Crippen molar-refractivity contribution in [2.75, 3.05) is 26.1 Å². The third-order valence-corrected chi connectivity index (χ3v) is 3.57. The van der Waals surface area contributed by atoms with E-state index in [1.165, 1.54) is 18.2 Å². The van der Waals surface area contributed by atoms with Crippen LogP contribution in [0.3, 0.4) is 0 Å². The summed E-state index contributed by atoms with van der Waals surface area (Å²) in [6.45, 7) is -0.858. The van der Waals surface area contributed by atoms with Crippen LogP contribution in [0.25, 0.3) is 0 Å². The Morgan fingerprint density at radius 2 is 1.90 bits per heavy atom. The molecule has 0 heterocycles. The zero-order valence-corrected chi connectivity index (χ0v) is 13.2. The Bertz CT molecular complexity index is 534. The van der Waals surface area contributed by atoms with Gasteiger partial charge in [-0.15, -0.1) is 0 Å². The van der Waals surface area contributed by atoms with Crippen LogP contribution in [0.4, 0.5) is 8.78 Å². The highest BCUT2D eigenvalue weighted by atomic mass is 79.9. The minimum absolute atomic E-state index is 0.00440. The van der Waals surface area contributed by atoms with Crippen molar-refractivity contribution in [3.05, 3.63) is 34.3 Å². The first kappa shape index (κ1) is 17.5. The summed E-state index contributed by atoms with van der Waals surface area (Å²) in [5, 5.41) is 0. The molecule has 0 bridgehead atoms. The zero-order chi connectivity index (χ0) is 15.2. The molecule has 0 aromatic heterocycles. The molecule has 0 atom stereocenters. The van der Waals surface area contributed by atoms with E-state index >= 15 is 0 Å². The van der Waals surface area contributed by atoms with Gasteiger partial charge >= 0.3 is 0 Å². The minimum Gasteiger partial charge on any atom is -0.375 e. The average Bonchev–Trinajstić information content (AvgIpc) is 2.32. The van der Waals surface area contributed by atoms with Crippen LogP contribution in [0.1, 0.15) is 12.0 Å². The van der Waals surface area contributed by atoms with Gasteiger partial charge in [0.25, 0.3) is 16.0 Å². The lowest BCUT2D eigenvalue weighted by Crippen LogP contribution is -2.22. The molecule has 0 unspecified atom stereocenters. The molecule has 0 fully saturated rings. The van der Waals surface area contributed by atoms with E-state index in [-0.39, 0.29) is 25.2 Å². The molecule has 0 N–H and O–H groups in total. The molecule has 0 amide bonds. The topological polar surface area (TPSA) is 52.6 Å². The number of hydrogen-bond acceptors (Lipinski definition) is 4. The van der Waals surface area contributed by atoms with Gasteiger partial charge in [-0.05, 0) is 12.5 Å². The Morgan fingerprint density at radius 3 is 2.50 bits per heavy atom. The highest BCUT2D eigenvalue weighted by Crippen LogP contribution is 2.33. The van der Waals surface area contributed by atoms with Crippen LogP contribution in [0.2, 0.25) is 0 Å². The lowest BCUT2D eigenvalue weighted by Gasteiger charge is -2.18. The molecule has 8 heteroatoms. The molecule has 114 valence electrons. The van der Waals surface area contributed by atoms with Gasteiger partial charge in [-0.3, -0.25) is 4.18 Å². The number of alkyl halides is 2. The summed E-state index contributed by atoms with van der Waals surface area (Å²) in [4.78, 5) is 0. The monoisotopic (exact) mass is 372 g/mol. The fraction of sp³-hybridized carbons (Fsp3) is 0.500. The second-order valence-electron chi connectivity index (χ2n) is 4.12. The van der Waals surface area contributed by atoms with Crippen molar-refractivity contribution < 1.29 is 26.1 Å². The molecule has 20 heavy (non-hydrogen) atoms. The predicted octanol–water partition coefficient (Wildman–Crippen LogP) is 2.92. The van der Waals surface area contributed by atoms with Gasteiger partial charge in [0.05, 0.1) is 12.9 Å². The van der Waals surface area contributed by atoms with Crippen LogP contribution in [-0.2, 0) is 25.0 Å². The van der Waals surface area contributed by atoms with Crippen LogP contribution in [0.5, 0.6) is 0 Å². The summed E-state index contributed by atoms with van der Waals surface area (Å²) >= 11 is 3.07. The third-order valence-electron chi connectivity index (χ3n) is 2.28. The number of benzene rings is 1. The molecule has 0 saturated carbocycles. The van der Waals surface area contributed by atoms with Crippen molar-refractivity contribution in [1.29, 1.82) is 0 Å². The first-order valence-electron chi connectivity index (χ1n) is 5.77. The van der Waals surface area contributed by atoms with Crippen molar-refractivity contribution >= 4 is 26.0 Å². The van der Waals surface area contributed by atoms with Crippen LogP contribution < -0.4 is 0 Å². The van der Waals surface area contributed by atoms with Gasteiger partial charge in [0.2, 0.25) is 0 Å². The van der Waals surface area contributed by atoms with Gasteiger partial charge in [-0.1, -0.05) is 34.1 Å². The maximum Gasteiger partial charge on any atom is 0.297 e. The van der Waals surface area contributed by atoms with E-state index in [0.29, 0.717) is 4.47 Å². The number of hydrogen-bond donors (Lipinski definition) is 0. The molecule has 0 spiro atoms. The molecule has 0 aliphatic rings. The molecular formula is C12H15BrF2O4S. The van der Waals surface area contributed by atoms with E-state index in [9.17, 15) is 17.2 Å². The molecule has 0 radical (unpaired) electrons. The van der Waals surface area contributed by atoms with E-state index in [1.807, 2.05) is 0 Å². The number of ether oxygens (including phenoxy) is 1. The van der Waals surface area contributed by atoms with E-state index in [4.69, 9.17) is 4.74 Å². The third kappa shape index (κ3) is 6.25. The summed E-state index contributed by atoms with van der Waals surface area (Å²) in [6.07, 6.45) is 1.15. The summed E-state index contributed by atoms with van der Waals surface area (Å²) in [6, 6.07) is 6.02. The minimum atomic E-state index is -3.50. The SMILES string of the molecule is CS(=O)(=O)OCCCOCC(F)(F)c1ccccc1Br. The lowest BCUT2D eigenvalue weighted by molar-refractivity contribution is -0.0842. The first-order valence-corrected chi connectivity index (χ1v) is 8.38. The van der Waals surface area contributed by atoms with Crippen molar-refractivity contribution in [2.24, 2.45) is 0 Å². The highest BCUT2D eigenvalue weighted by molar-refractivity contribution is 9.10. The average molecular weight is 373 g/mol.